The molecule has 0 unspecified atom stereocenters. The van der Waals surface area contributed by atoms with Crippen molar-refractivity contribution in [2.45, 2.75) is 0 Å². The second-order valence-corrected chi connectivity index (χ2v) is 2.85. The lowest BCUT2D eigenvalue weighted by atomic mass is 10.2. The van der Waals surface area contributed by atoms with E-state index in [-0.39, 0.29) is 5.43 Å². The van der Waals surface area contributed by atoms with Crippen LogP contribution in [-0.2, 0) is 0 Å². The third-order valence-corrected chi connectivity index (χ3v) is 2.01. The molecule has 0 aliphatic heterocycles. The number of para-hydroxylation sites is 1. The Balaban J connectivity index is 2.96. The lowest BCUT2D eigenvalue weighted by Crippen LogP contribution is -2.13. The normalized spacial score (nSPS) is 10.3. The fraction of sp³-hybridized carbons (Fsp3) is 0. The summed E-state index contributed by atoms with van der Waals surface area (Å²) in [7, 11) is 0. The van der Waals surface area contributed by atoms with Crippen molar-refractivity contribution in [3.8, 4) is 0 Å². The Bertz CT molecular complexity index is 557. The summed E-state index contributed by atoms with van der Waals surface area (Å²) in [5.41, 5.74) is 0.241. The van der Waals surface area contributed by atoms with E-state index in [0.717, 1.165) is 4.57 Å². The van der Waals surface area contributed by atoms with E-state index in [4.69, 9.17) is 5.11 Å². The van der Waals surface area contributed by atoms with E-state index in [0.29, 0.717) is 10.9 Å². The molecule has 0 aliphatic carbocycles. The van der Waals surface area contributed by atoms with Gasteiger partial charge in [-0.2, -0.15) is 0 Å². The Morgan fingerprint density at radius 1 is 1.21 bits per heavy atom. The molecule has 4 nitrogen and oxygen atoms in total. The van der Waals surface area contributed by atoms with E-state index in [1.807, 2.05) is 0 Å². The average molecular weight is 189 g/mol. The zero-order valence-electron chi connectivity index (χ0n) is 7.18. The van der Waals surface area contributed by atoms with E-state index in [2.05, 4.69) is 0 Å². The quantitative estimate of drug-likeness (QED) is 0.683. The summed E-state index contributed by atoms with van der Waals surface area (Å²) in [5.74, 6) is 0. The Morgan fingerprint density at radius 3 is 2.64 bits per heavy atom. The number of hydrogen-bond donors (Lipinski definition) is 1. The van der Waals surface area contributed by atoms with Crippen LogP contribution in [0.3, 0.4) is 0 Å². The van der Waals surface area contributed by atoms with Gasteiger partial charge in [0.05, 0.1) is 5.52 Å². The Labute approximate surface area is 79.0 Å². The number of hydrogen-bond acceptors (Lipinski definition) is 2. The molecule has 0 fully saturated rings. The molecule has 0 saturated heterocycles. The highest BCUT2D eigenvalue weighted by Crippen LogP contribution is 2.08. The molecule has 1 N–H and O–H groups in total. The molecule has 4 heteroatoms. The second kappa shape index (κ2) is 2.99. The maximum atomic E-state index is 11.3. The van der Waals surface area contributed by atoms with Crippen molar-refractivity contribution in [3.05, 3.63) is 46.8 Å². The number of aromatic nitrogens is 1. The molecule has 1 aromatic carbocycles. The Hall–Kier alpha value is -2.10. The number of rotatable bonds is 0. The number of carbonyl (C=O) groups is 1. The SMILES string of the molecule is O=C(O)n1ccc(=O)c2ccccc21. The predicted octanol–water partition coefficient (Wildman–Crippen LogP) is 1.53. The minimum atomic E-state index is -1.10. The van der Waals surface area contributed by atoms with Crippen LogP contribution in [0.25, 0.3) is 10.9 Å². The molecule has 0 saturated carbocycles. The first-order valence-corrected chi connectivity index (χ1v) is 4.04. The summed E-state index contributed by atoms with van der Waals surface area (Å²) >= 11 is 0. The summed E-state index contributed by atoms with van der Waals surface area (Å²) in [5, 5.41) is 9.25. The summed E-state index contributed by atoms with van der Waals surface area (Å²) < 4.78 is 1.02. The van der Waals surface area contributed by atoms with Crippen LogP contribution >= 0.6 is 0 Å². The van der Waals surface area contributed by atoms with Crippen LogP contribution in [0.1, 0.15) is 0 Å². The highest BCUT2D eigenvalue weighted by atomic mass is 16.4. The van der Waals surface area contributed by atoms with Crippen LogP contribution < -0.4 is 5.43 Å². The van der Waals surface area contributed by atoms with E-state index in [1.165, 1.54) is 12.3 Å². The van der Waals surface area contributed by atoms with Gasteiger partial charge in [0.25, 0.3) is 0 Å². The van der Waals surface area contributed by atoms with Gasteiger partial charge in [0, 0.05) is 17.6 Å². The molecule has 0 aliphatic rings. The second-order valence-electron chi connectivity index (χ2n) is 2.85. The van der Waals surface area contributed by atoms with Gasteiger partial charge in [-0.25, -0.2) is 4.79 Å². The molecular weight excluding hydrogens is 182 g/mol. The molecule has 1 heterocycles. The van der Waals surface area contributed by atoms with Gasteiger partial charge < -0.3 is 5.11 Å². The summed E-state index contributed by atoms with van der Waals surface area (Å²) in [4.78, 5) is 22.1. The third kappa shape index (κ3) is 1.17. The maximum absolute atomic E-state index is 11.3. The number of pyridine rings is 1. The van der Waals surface area contributed by atoms with Gasteiger partial charge in [0.15, 0.2) is 5.43 Å². The van der Waals surface area contributed by atoms with Gasteiger partial charge in [0.1, 0.15) is 0 Å². The van der Waals surface area contributed by atoms with Gasteiger partial charge >= 0.3 is 6.09 Å². The molecule has 70 valence electrons. The third-order valence-electron chi connectivity index (χ3n) is 2.01. The van der Waals surface area contributed by atoms with Crippen molar-refractivity contribution in [1.82, 2.24) is 4.57 Å². The maximum Gasteiger partial charge on any atom is 0.416 e. The first kappa shape index (κ1) is 8.50. The van der Waals surface area contributed by atoms with Crippen molar-refractivity contribution in [2.75, 3.05) is 0 Å². The average Bonchev–Trinajstić information content (AvgIpc) is 2.18. The zero-order valence-corrected chi connectivity index (χ0v) is 7.18. The predicted molar refractivity (Wildman–Crippen MR) is 51.6 cm³/mol. The minimum absolute atomic E-state index is 0.168. The molecule has 1 aromatic heterocycles. The van der Waals surface area contributed by atoms with Gasteiger partial charge in [-0.1, -0.05) is 12.1 Å². The molecule has 0 bridgehead atoms. The molecule has 0 atom stereocenters. The zero-order chi connectivity index (χ0) is 10.1. The number of carboxylic acid groups (broad SMARTS) is 1. The summed E-state index contributed by atoms with van der Waals surface area (Å²) in [6.07, 6.45) is 0.161. The number of benzene rings is 1. The Kier molecular flexibility index (Phi) is 1.81. The van der Waals surface area contributed by atoms with Crippen molar-refractivity contribution in [2.24, 2.45) is 0 Å². The van der Waals surface area contributed by atoms with Crippen molar-refractivity contribution < 1.29 is 9.90 Å². The van der Waals surface area contributed by atoms with E-state index < -0.39 is 6.09 Å². The van der Waals surface area contributed by atoms with E-state index in [1.54, 1.807) is 24.3 Å². The fourth-order valence-corrected chi connectivity index (χ4v) is 1.37. The summed E-state index contributed by atoms with van der Waals surface area (Å²) in [6, 6.07) is 7.86. The van der Waals surface area contributed by atoms with Crippen LogP contribution in [0.15, 0.2) is 41.3 Å². The topological polar surface area (TPSA) is 59.3 Å². The molecule has 0 spiro atoms. The van der Waals surface area contributed by atoms with E-state index >= 15 is 0 Å². The molecule has 2 aromatic rings. The first-order valence-electron chi connectivity index (χ1n) is 4.04. The van der Waals surface area contributed by atoms with Crippen molar-refractivity contribution in [3.63, 3.8) is 0 Å². The molecule has 14 heavy (non-hydrogen) atoms. The highest BCUT2D eigenvalue weighted by Gasteiger charge is 2.05. The van der Waals surface area contributed by atoms with Crippen LogP contribution in [0.4, 0.5) is 4.79 Å². The molecular formula is C10H7NO3. The number of nitrogens with zero attached hydrogens (tertiary/aromatic N) is 1. The first-order chi connectivity index (χ1) is 6.70. The molecule has 0 amide bonds. The lowest BCUT2D eigenvalue weighted by molar-refractivity contribution is 0.197. The monoisotopic (exact) mass is 189 g/mol. The largest absolute Gasteiger partial charge is 0.464 e. The fourth-order valence-electron chi connectivity index (χ4n) is 1.37. The van der Waals surface area contributed by atoms with Gasteiger partial charge in [-0.3, -0.25) is 9.36 Å². The van der Waals surface area contributed by atoms with Gasteiger partial charge in [-0.15, -0.1) is 0 Å². The lowest BCUT2D eigenvalue weighted by Gasteiger charge is -2.03. The van der Waals surface area contributed by atoms with Gasteiger partial charge in [0.2, 0.25) is 0 Å². The molecule has 2 rings (SSSR count). The van der Waals surface area contributed by atoms with Crippen LogP contribution in [0.2, 0.25) is 0 Å². The molecule has 0 radical (unpaired) electrons. The smallest absolute Gasteiger partial charge is 0.416 e. The minimum Gasteiger partial charge on any atom is -0.464 e. The van der Waals surface area contributed by atoms with Gasteiger partial charge in [-0.05, 0) is 12.1 Å². The number of fused-ring (bicyclic) bond motifs is 1. The van der Waals surface area contributed by atoms with E-state index in [9.17, 15) is 9.59 Å². The van der Waals surface area contributed by atoms with Crippen LogP contribution in [0.5, 0.6) is 0 Å². The standard InChI is InChI=1S/C10H7NO3/c12-9-5-6-11(10(13)14)8-4-2-1-3-7(8)9/h1-6H,(H,13,14). The van der Waals surface area contributed by atoms with Crippen molar-refractivity contribution in [1.29, 1.82) is 0 Å². The van der Waals surface area contributed by atoms with Crippen LogP contribution in [0, 0.1) is 0 Å². The summed E-state index contributed by atoms with van der Waals surface area (Å²) in [6.45, 7) is 0. The van der Waals surface area contributed by atoms with Crippen LogP contribution in [-0.4, -0.2) is 15.8 Å². The van der Waals surface area contributed by atoms with Crippen molar-refractivity contribution >= 4 is 17.0 Å². The highest BCUT2D eigenvalue weighted by molar-refractivity contribution is 5.86. The Morgan fingerprint density at radius 2 is 1.93 bits per heavy atom.